The van der Waals surface area contributed by atoms with Crippen LogP contribution in [0.15, 0.2) is 16.5 Å². The Balaban J connectivity index is 2.07. The van der Waals surface area contributed by atoms with Crippen molar-refractivity contribution in [1.29, 1.82) is 5.26 Å². The number of nitrogens with zero attached hydrogens (tertiary/aromatic N) is 1. The molecular formula is C10H13N3O3. The molecule has 0 spiro atoms. The highest BCUT2D eigenvalue weighted by atomic mass is 16.5. The Labute approximate surface area is 93.0 Å². The molecule has 1 amide bonds. The number of carbonyl (C=O) groups excluding carboxylic acids is 1. The Morgan fingerprint density at radius 3 is 3.06 bits per heavy atom. The second-order valence-electron chi connectivity index (χ2n) is 3.07. The zero-order valence-electron chi connectivity index (χ0n) is 8.73. The van der Waals surface area contributed by atoms with Crippen LogP contribution in [0.4, 0.5) is 0 Å². The highest BCUT2D eigenvalue weighted by molar-refractivity contribution is 5.74. The highest BCUT2D eigenvalue weighted by Gasteiger charge is 2.00. The predicted octanol–water partition coefficient (Wildman–Crippen LogP) is -0.257. The van der Waals surface area contributed by atoms with Gasteiger partial charge in [0.25, 0.3) is 0 Å². The summed E-state index contributed by atoms with van der Waals surface area (Å²) in [6.07, 6.45) is 0. The van der Waals surface area contributed by atoms with E-state index in [-0.39, 0.29) is 6.61 Å². The minimum Gasteiger partial charge on any atom is -0.449 e. The van der Waals surface area contributed by atoms with Crippen molar-refractivity contribution in [2.45, 2.75) is 6.54 Å². The second-order valence-corrected chi connectivity index (χ2v) is 3.07. The summed E-state index contributed by atoms with van der Waals surface area (Å²) < 4.78 is 10.1. The summed E-state index contributed by atoms with van der Waals surface area (Å²) >= 11 is 0. The van der Waals surface area contributed by atoms with E-state index in [9.17, 15) is 4.79 Å². The molecule has 6 heteroatoms. The van der Waals surface area contributed by atoms with Gasteiger partial charge in [-0.15, -0.1) is 0 Å². The van der Waals surface area contributed by atoms with Crippen LogP contribution in [0.5, 0.6) is 0 Å². The van der Waals surface area contributed by atoms with Crippen LogP contribution in [-0.4, -0.2) is 25.7 Å². The van der Waals surface area contributed by atoms with Crippen LogP contribution in [-0.2, 0) is 16.1 Å². The second kappa shape index (κ2) is 6.61. The van der Waals surface area contributed by atoms with Crippen LogP contribution in [0.1, 0.15) is 11.5 Å². The molecule has 0 aromatic carbocycles. The van der Waals surface area contributed by atoms with Crippen molar-refractivity contribution in [3.63, 3.8) is 0 Å². The molecule has 3 N–H and O–H groups in total. The molecule has 1 aromatic rings. The summed E-state index contributed by atoms with van der Waals surface area (Å²) in [4.78, 5) is 10.3. The molecule has 0 fully saturated rings. The third kappa shape index (κ3) is 4.59. The van der Waals surface area contributed by atoms with E-state index < -0.39 is 5.91 Å². The summed E-state index contributed by atoms with van der Waals surface area (Å²) in [5.74, 6) is 0.498. The fourth-order valence-electron chi connectivity index (χ4n) is 1.06. The van der Waals surface area contributed by atoms with Crippen LogP contribution in [0, 0.1) is 11.3 Å². The van der Waals surface area contributed by atoms with Crippen molar-refractivity contribution < 1.29 is 13.9 Å². The molecule has 86 valence electrons. The number of hydrogen-bond acceptors (Lipinski definition) is 5. The number of nitrogens with two attached hydrogens (primary N) is 1. The first-order valence-corrected chi connectivity index (χ1v) is 4.78. The summed E-state index contributed by atoms with van der Waals surface area (Å²) in [5.41, 5.74) is 4.89. The summed E-state index contributed by atoms with van der Waals surface area (Å²) in [6.45, 7) is 1.42. The van der Waals surface area contributed by atoms with Crippen LogP contribution in [0.3, 0.4) is 0 Å². The molecule has 0 radical (unpaired) electrons. The molecule has 1 rings (SSSR count). The van der Waals surface area contributed by atoms with Gasteiger partial charge in [0.05, 0.1) is 13.2 Å². The Hall–Kier alpha value is -1.84. The fourth-order valence-corrected chi connectivity index (χ4v) is 1.06. The van der Waals surface area contributed by atoms with E-state index in [1.54, 1.807) is 12.1 Å². The van der Waals surface area contributed by atoms with Crippen LogP contribution >= 0.6 is 0 Å². The Bertz CT molecular complexity index is 381. The molecule has 0 bridgehead atoms. The Morgan fingerprint density at radius 2 is 2.44 bits per heavy atom. The normalized spacial score (nSPS) is 9.94. The molecule has 0 aliphatic carbocycles. The number of carbonyl (C=O) groups is 1. The van der Waals surface area contributed by atoms with Crippen molar-refractivity contribution in [3.8, 4) is 6.07 Å². The lowest BCUT2D eigenvalue weighted by Crippen LogP contribution is -2.23. The van der Waals surface area contributed by atoms with Crippen molar-refractivity contribution in [3.05, 3.63) is 23.7 Å². The van der Waals surface area contributed by atoms with Gasteiger partial charge in [0, 0.05) is 6.54 Å². The lowest BCUT2D eigenvalue weighted by molar-refractivity contribution is -0.122. The van der Waals surface area contributed by atoms with Gasteiger partial charge in [0.15, 0.2) is 0 Å². The standard InChI is InChI=1S/C10H13N3O3/c11-5-8-1-2-9(16-8)6-13-3-4-15-7-10(12)14/h1-2,13H,3-4,6-7H2,(H2,12,14). The average molecular weight is 223 g/mol. The summed E-state index contributed by atoms with van der Waals surface area (Å²) in [7, 11) is 0. The first kappa shape index (κ1) is 12.2. The van der Waals surface area contributed by atoms with Gasteiger partial charge in [-0.1, -0.05) is 0 Å². The maximum absolute atomic E-state index is 10.3. The zero-order chi connectivity index (χ0) is 11.8. The third-order valence-electron chi connectivity index (χ3n) is 1.74. The first-order chi connectivity index (χ1) is 7.72. The molecule has 0 saturated carbocycles. The number of rotatable bonds is 7. The van der Waals surface area contributed by atoms with E-state index >= 15 is 0 Å². The quantitative estimate of drug-likeness (QED) is 0.620. The molecular weight excluding hydrogens is 210 g/mol. The van der Waals surface area contributed by atoms with E-state index in [1.165, 1.54) is 0 Å². The lowest BCUT2D eigenvalue weighted by Gasteiger charge is -2.02. The number of primary amides is 1. The highest BCUT2D eigenvalue weighted by Crippen LogP contribution is 2.05. The van der Waals surface area contributed by atoms with Crippen LogP contribution < -0.4 is 11.1 Å². The largest absolute Gasteiger partial charge is 0.449 e. The van der Waals surface area contributed by atoms with E-state index in [1.807, 2.05) is 6.07 Å². The van der Waals surface area contributed by atoms with Gasteiger partial charge in [-0.05, 0) is 12.1 Å². The van der Waals surface area contributed by atoms with E-state index in [0.717, 1.165) is 0 Å². The van der Waals surface area contributed by atoms with Gasteiger partial charge < -0.3 is 20.2 Å². The SMILES string of the molecule is N#Cc1ccc(CNCCOCC(N)=O)o1. The smallest absolute Gasteiger partial charge is 0.243 e. The van der Waals surface area contributed by atoms with Gasteiger partial charge in [0.2, 0.25) is 11.7 Å². The van der Waals surface area contributed by atoms with Crippen molar-refractivity contribution in [2.75, 3.05) is 19.8 Å². The Kier molecular flexibility index (Phi) is 5.05. The van der Waals surface area contributed by atoms with Gasteiger partial charge in [0.1, 0.15) is 18.4 Å². The maximum Gasteiger partial charge on any atom is 0.243 e. The molecule has 0 aliphatic rings. The number of ether oxygens (including phenoxy) is 1. The number of hydrogen-bond donors (Lipinski definition) is 2. The van der Waals surface area contributed by atoms with Gasteiger partial charge >= 0.3 is 0 Å². The number of amides is 1. The molecule has 16 heavy (non-hydrogen) atoms. The minimum absolute atomic E-state index is 0.0684. The average Bonchev–Trinajstić information content (AvgIpc) is 2.70. The first-order valence-electron chi connectivity index (χ1n) is 4.78. The molecule has 0 saturated heterocycles. The van der Waals surface area contributed by atoms with E-state index in [4.69, 9.17) is 20.1 Å². The molecule has 0 unspecified atom stereocenters. The van der Waals surface area contributed by atoms with Crippen molar-refractivity contribution >= 4 is 5.91 Å². The third-order valence-corrected chi connectivity index (χ3v) is 1.74. The molecule has 0 aliphatic heterocycles. The van der Waals surface area contributed by atoms with Crippen molar-refractivity contribution in [2.24, 2.45) is 5.73 Å². The maximum atomic E-state index is 10.3. The van der Waals surface area contributed by atoms with Gasteiger partial charge in [-0.25, -0.2) is 0 Å². The summed E-state index contributed by atoms with van der Waals surface area (Å²) in [5, 5.41) is 11.5. The van der Waals surface area contributed by atoms with E-state index in [0.29, 0.717) is 31.2 Å². The molecule has 6 nitrogen and oxygen atoms in total. The topological polar surface area (TPSA) is 101 Å². The molecule has 1 heterocycles. The number of nitrogens with one attached hydrogen (secondary N) is 1. The number of furan rings is 1. The van der Waals surface area contributed by atoms with Crippen molar-refractivity contribution in [1.82, 2.24) is 5.32 Å². The molecule has 1 aromatic heterocycles. The summed E-state index contributed by atoms with van der Waals surface area (Å²) in [6, 6.07) is 5.24. The fraction of sp³-hybridized carbons (Fsp3) is 0.400. The predicted molar refractivity (Wildman–Crippen MR) is 55.1 cm³/mol. The van der Waals surface area contributed by atoms with Gasteiger partial charge in [-0.2, -0.15) is 5.26 Å². The number of nitriles is 1. The monoisotopic (exact) mass is 223 g/mol. The van der Waals surface area contributed by atoms with E-state index in [2.05, 4.69) is 5.32 Å². The van der Waals surface area contributed by atoms with Crippen LogP contribution in [0.25, 0.3) is 0 Å². The lowest BCUT2D eigenvalue weighted by atomic mass is 10.4. The van der Waals surface area contributed by atoms with Crippen LogP contribution in [0.2, 0.25) is 0 Å². The molecule has 0 atom stereocenters. The minimum atomic E-state index is -0.482. The Morgan fingerprint density at radius 1 is 1.62 bits per heavy atom. The zero-order valence-corrected chi connectivity index (χ0v) is 8.73. The van der Waals surface area contributed by atoms with Gasteiger partial charge in [-0.3, -0.25) is 4.79 Å².